The minimum Gasteiger partial charge on any atom is -0.493 e. The van der Waals surface area contributed by atoms with Gasteiger partial charge in [0, 0.05) is 12.2 Å². The Balaban J connectivity index is 3.22. The molecule has 17 heavy (non-hydrogen) atoms. The van der Waals surface area contributed by atoms with Crippen molar-refractivity contribution in [2.45, 2.75) is 26.4 Å². The van der Waals surface area contributed by atoms with E-state index in [0.29, 0.717) is 23.7 Å². The van der Waals surface area contributed by atoms with E-state index in [1.54, 1.807) is 14.2 Å². The normalized spacial score (nSPS) is 10.5. The standard InChI is InChI=1S/C13H20O4/c1-9(2)17-12-10(7-8-14)5-6-11(15-3)13(12)16-4/h5-6,9,14H,7-8H2,1-4H3. The molecule has 0 heterocycles. The van der Waals surface area contributed by atoms with Crippen molar-refractivity contribution in [1.29, 1.82) is 0 Å². The molecular weight excluding hydrogens is 220 g/mol. The topological polar surface area (TPSA) is 47.9 Å². The van der Waals surface area contributed by atoms with Gasteiger partial charge in [-0.15, -0.1) is 0 Å². The minimum absolute atomic E-state index is 0.0356. The Morgan fingerprint density at radius 3 is 2.29 bits per heavy atom. The zero-order valence-electron chi connectivity index (χ0n) is 10.8. The Morgan fingerprint density at radius 1 is 1.12 bits per heavy atom. The zero-order valence-corrected chi connectivity index (χ0v) is 10.8. The molecular formula is C13H20O4. The first-order valence-electron chi connectivity index (χ1n) is 5.65. The Kier molecular flexibility index (Phi) is 5.10. The summed E-state index contributed by atoms with van der Waals surface area (Å²) in [5.41, 5.74) is 0.916. The van der Waals surface area contributed by atoms with Crippen molar-refractivity contribution in [2.75, 3.05) is 20.8 Å². The lowest BCUT2D eigenvalue weighted by atomic mass is 10.1. The number of hydrogen-bond acceptors (Lipinski definition) is 4. The van der Waals surface area contributed by atoms with Crippen molar-refractivity contribution in [2.24, 2.45) is 0 Å². The molecule has 0 saturated heterocycles. The molecule has 0 aliphatic rings. The number of ether oxygens (including phenoxy) is 3. The zero-order chi connectivity index (χ0) is 12.8. The number of aliphatic hydroxyl groups is 1. The van der Waals surface area contributed by atoms with Gasteiger partial charge in [0.1, 0.15) is 0 Å². The third-order valence-electron chi connectivity index (χ3n) is 2.32. The number of methoxy groups -OCH3 is 2. The lowest BCUT2D eigenvalue weighted by molar-refractivity contribution is 0.221. The molecule has 1 N–H and O–H groups in total. The van der Waals surface area contributed by atoms with Gasteiger partial charge in [0.2, 0.25) is 5.75 Å². The third-order valence-corrected chi connectivity index (χ3v) is 2.32. The Morgan fingerprint density at radius 2 is 1.82 bits per heavy atom. The fourth-order valence-corrected chi connectivity index (χ4v) is 1.62. The predicted molar refractivity (Wildman–Crippen MR) is 66.1 cm³/mol. The molecule has 96 valence electrons. The van der Waals surface area contributed by atoms with E-state index < -0.39 is 0 Å². The molecule has 1 aromatic carbocycles. The van der Waals surface area contributed by atoms with Crippen LogP contribution >= 0.6 is 0 Å². The fraction of sp³-hybridized carbons (Fsp3) is 0.538. The van der Waals surface area contributed by atoms with Crippen molar-refractivity contribution in [1.82, 2.24) is 0 Å². The highest BCUT2D eigenvalue weighted by Gasteiger charge is 2.17. The summed E-state index contributed by atoms with van der Waals surface area (Å²) in [6.07, 6.45) is 0.566. The molecule has 0 radical (unpaired) electrons. The summed E-state index contributed by atoms with van der Waals surface area (Å²) >= 11 is 0. The first-order chi connectivity index (χ1) is 8.13. The lowest BCUT2D eigenvalue weighted by Crippen LogP contribution is -2.10. The van der Waals surface area contributed by atoms with Crippen molar-refractivity contribution in [3.8, 4) is 17.2 Å². The van der Waals surface area contributed by atoms with Crippen LogP contribution in [0.2, 0.25) is 0 Å². The van der Waals surface area contributed by atoms with Gasteiger partial charge in [0.25, 0.3) is 0 Å². The minimum atomic E-state index is 0.0356. The van der Waals surface area contributed by atoms with Crippen LogP contribution < -0.4 is 14.2 Å². The number of hydrogen-bond donors (Lipinski definition) is 1. The molecule has 1 aromatic rings. The number of benzene rings is 1. The first-order valence-corrected chi connectivity index (χ1v) is 5.65. The molecule has 4 heteroatoms. The summed E-state index contributed by atoms with van der Waals surface area (Å²) < 4.78 is 16.3. The van der Waals surface area contributed by atoms with E-state index in [4.69, 9.17) is 19.3 Å². The smallest absolute Gasteiger partial charge is 0.203 e. The average molecular weight is 240 g/mol. The van der Waals surface area contributed by atoms with Crippen molar-refractivity contribution >= 4 is 0 Å². The predicted octanol–water partition coefficient (Wildman–Crippen LogP) is 2.03. The van der Waals surface area contributed by atoms with Crippen LogP contribution in [0, 0.1) is 0 Å². The van der Waals surface area contributed by atoms with Crippen LogP contribution in [0.15, 0.2) is 12.1 Å². The van der Waals surface area contributed by atoms with Gasteiger partial charge in [-0.3, -0.25) is 0 Å². The highest BCUT2D eigenvalue weighted by atomic mass is 16.5. The number of aliphatic hydroxyl groups excluding tert-OH is 1. The highest BCUT2D eigenvalue weighted by Crippen LogP contribution is 2.40. The largest absolute Gasteiger partial charge is 0.493 e. The van der Waals surface area contributed by atoms with E-state index in [-0.39, 0.29) is 12.7 Å². The van der Waals surface area contributed by atoms with Gasteiger partial charge in [0.15, 0.2) is 11.5 Å². The lowest BCUT2D eigenvalue weighted by Gasteiger charge is -2.19. The maximum absolute atomic E-state index is 9.04. The summed E-state index contributed by atoms with van der Waals surface area (Å²) in [6.45, 7) is 3.97. The second-order valence-corrected chi connectivity index (χ2v) is 3.93. The van der Waals surface area contributed by atoms with E-state index >= 15 is 0 Å². The highest BCUT2D eigenvalue weighted by molar-refractivity contribution is 5.55. The maximum atomic E-state index is 9.04. The Bertz CT molecular complexity index is 361. The van der Waals surface area contributed by atoms with Gasteiger partial charge in [-0.1, -0.05) is 6.07 Å². The van der Waals surface area contributed by atoms with Gasteiger partial charge in [0.05, 0.1) is 20.3 Å². The van der Waals surface area contributed by atoms with Gasteiger partial charge in [-0.05, 0) is 26.3 Å². The third kappa shape index (κ3) is 3.27. The summed E-state index contributed by atoms with van der Waals surface area (Å²) in [5.74, 6) is 1.85. The van der Waals surface area contributed by atoms with E-state index in [0.717, 1.165) is 5.56 Å². The van der Waals surface area contributed by atoms with E-state index in [1.165, 1.54) is 0 Å². The van der Waals surface area contributed by atoms with Crippen LogP contribution in [0.4, 0.5) is 0 Å². The Labute approximate surface area is 102 Å². The quantitative estimate of drug-likeness (QED) is 0.826. The van der Waals surface area contributed by atoms with E-state index in [1.807, 2.05) is 26.0 Å². The molecule has 0 aliphatic heterocycles. The van der Waals surface area contributed by atoms with Gasteiger partial charge >= 0.3 is 0 Å². The van der Waals surface area contributed by atoms with Crippen LogP contribution in [0.5, 0.6) is 17.2 Å². The molecule has 0 atom stereocenters. The molecule has 0 spiro atoms. The first kappa shape index (κ1) is 13.6. The van der Waals surface area contributed by atoms with Gasteiger partial charge in [-0.2, -0.15) is 0 Å². The Hall–Kier alpha value is -1.42. The molecule has 0 fully saturated rings. The summed E-state index contributed by atoms with van der Waals surface area (Å²) in [5, 5.41) is 9.04. The van der Waals surface area contributed by atoms with Crippen molar-refractivity contribution in [3.63, 3.8) is 0 Å². The SMILES string of the molecule is COc1ccc(CCO)c(OC(C)C)c1OC. The summed E-state index contributed by atoms with van der Waals surface area (Å²) in [7, 11) is 3.16. The molecule has 0 saturated carbocycles. The molecule has 0 aromatic heterocycles. The fourth-order valence-electron chi connectivity index (χ4n) is 1.62. The molecule has 0 amide bonds. The van der Waals surface area contributed by atoms with Crippen LogP contribution in [0.1, 0.15) is 19.4 Å². The van der Waals surface area contributed by atoms with Gasteiger partial charge < -0.3 is 19.3 Å². The van der Waals surface area contributed by atoms with Crippen molar-refractivity contribution < 1.29 is 19.3 Å². The van der Waals surface area contributed by atoms with Crippen LogP contribution in [0.3, 0.4) is 0 Å². The van der Waals surface area contributed by atoms with Crippen LogP contribution in [-0.4, -0.2) is 32.0 Å². The van der Waals surface area contributed by atoms with Crippen LogP contribution in [0.25, 0.3) is 0 Å². The summed E-state index contributed by atoms with van der Waals surface area (Å²) in [6, 6.07) is 3.70. The second kappa shape index (κ2) is 6.35. The molecule has 0 aliphatic carbocycles. The molecule has 0 unspecified atom stereocenters. The number of rotatable bonds is 6. The molecule has 4 nitrogen and oxygen atoms in total. The van der Waals surface area contributed by atoms with E-state index in [2.05, 4.69) is 0 Å². The van der Waals surface area contributed by atoms with Gasteiger partial charge in [-0.25, -0.2) is 0 Å². The van der Waals surface area contributed by atoms with E-state index in [9.17, 15) is 0 Å². The average Bonchev–Trinajstić information content (AvgIpc) is 2.30. The second-order valence-electron chi connectivity index (χ2n) is 3.93. The molecule has 1 rings (SSSR count). The maximum Gasteiger partial charge on any atom is 0.203 e. The van der Waals surface area contributed by atoms with Crippen molar-refractivity contribution in [3.05, 3.63) is 17.7 Å². The molecule has 0 bridgehead atoms. The van der Waals surface area contributed by atoms with Crippen LogP contribution in [-0.2, 0) is 6.42 Å². The summed E-state index contributed by atoms with van der Waals surface area (Å²) in [4.78, 5) is 0. The monoisotopic (exact) mass is 240 g/mol.